The first-order valence-corrected chi connectivity index (χ1v) is 13.3. The Morgan fingerprint density at radius 3 is 2.50 bits per heavy atom. The van der Waals surface area contributed by atoms with Gasteiger partial charge in [0, 0.05) is 27.4 Å². The largest absolute Gasteiger partial charge is 0.466 e. The maximum absolute atomic E-state index is 13.7. The summed E-state index contributed by atoms with van der Waals surface area (Å²) >= 11 is 1.59. The van der Waals surface area contributed by atoms with Gasteiger partial charge < -0.3 is 14.7 Å². The Labute approximate surface area is 217 Å². The van der Waals surface area contributed by atoms with Crippen molar-refractivity contribution in [1.29, 1.82) is 0 Å². The molecule has 1 aliphatic carbocycles. The molecule has 188 valence electrons. The van der Waals surface area contributed by atoms with Gasteiger partial charge in [-0.25, -0.2) is 4.79 Å². The molecule has 6 heteroatoms. The van der Waals surface area contributed by atoms with E-state index < -0.39 is 12.1 Å². The number of hydrogen-bond acceptors (Lipinski definition) is 5. The summed E-state index contributed by atoms with van der Waals surface area (Å²) < 4.78 is 4.70. The van der Waals surface area contributed by atoms with Crippen LogP contribution < -0.4 is 4.90 Å². The number of thiophene rings is 1. The zero-order chi connectivity index (χ0) is 25.5. The number of aliphatic hydroxyl groups excluding tert-OH is 1. The Morgan fingerprint density at radius 1 is 1.08 bits per heavy atom. The lowest BCUT2D eigenvalue weighted by Gasteiger charge is -2.30. The molecule has 3 aromatic rings. The number of amides is 1. The lowest BCUT2D eigenvalue weighted by molar-refractivity contribution is -0.134. The van der Waals surface area contributed by atoms with Crippen LogP contribution in [-0.2, 0) is 20.9 Å². The van der Waals surface area contributed by atoms with Gasteiger partial charge in [-0.2, -0.15) is 0 Å². The number of carbonyl (C=O) groups is 2. The van der Waals surface area contributed by atoms with Gasteiger partial charge in [0.2, 0.25) is 5.91 Å². The van der Waals surface area contributed by atoms with Crippen molar-refractivity contribution in [3.63, 3.8) is 0 Å². The van der Waals surface area contributed by atoms with Crippen molar-refractivity contribution >= 4 is 35.0 Å². The number of carbonyl (C=O) groups excluding carboxylic acids is 2. The standard InChI is InChI=1S/C30H33NO4S/c1-21(32)27-16-17-28(36-27)24-14-11-23(12-15-24)20-31(30(34)25-8-4-3-5-9-25)26-10-6-7-22(19-26)13-18-29(33)35-2/h6-7,10-19,21,25,32H,3-5,8-9,20H2,1-2H3/b18-13+. The molecule has 1 amide bonds. The molecule has 1 aliphatic rings. The van der Waals surface area contributed by atoms with Crippen molar-refractivity contribution < 1.29 is 19.4 Å². The van der Waals surface area contributed by atoms with Gasteiger partial charge in [-0.1, -0.05) is 55.7 Å². The second kappa shape index (κ2) is 12.2. The summed E-state index contributed by atoms with van der Waals surface area (Å²) in [5.41, 5.74) is 3.80. The Bertz CT molecular complexity index is 1210. The van der Waals surface area contributed by atoms with Crippen molar-refractivity contribution in [2.75, 3.05) is 12.0 Å². The number of nitrogens with zero attached hydrogens (tertiary/aromatic N) is 1. The van der Waals surface area contributed by atoms with E-state index in [4.69, 9.17) is 4.74 Å². The SMILES string of the molecule is COC(=O)/C=C/c1cccc(N(Cc2ccc(-c3ccc(C(C)O)s3)cc2)C(=O)C2CCCCC2)c1. The highest BCUT2D eigenvalue weighted by atomic mass is 32.1. The van der Waals surface area contributed by atoms with Crippen LogP contribution in [0.4, 0.5) is 5.69 Å². The minimum absolute atomic E-state index is 0.0392. The van der Waals surface area contributed by atoms with Gasteiger partial charge in [0.15, 0.2) is 0 Å². The van der Waals surface area contributed by atoms with Gasteiger partial charge in [-0.05, 0) is 66.8 Å². The summed E-state index contributed by atoms with van der Waals surface area (Å²) in [6, 6.07) is 20.0. The minimum Gasteiger partial charge on any atom is -0.466 e. The number of rotatable bonds is 8. The quantitative estimate of drug-likeness (QED) is 0.272. The smallest absolute Gasteiger partial charge is 0.330 e. The zero-order valence-electron chi connectivity index (χ0n) is 20.9. The third-order valence-corrected chi connectivity index (χ3v) is 7.94. The number of ether oxygens (including phenoxy) is 1. The first kappa shape index (κ1) is 25.9. The van der Waals surface area contributed by atoms with Crippen LogP contribution in [0, 0.1) is 5.92 Å². The minimum atomic E-state index is -0.472. The molecular weight excluding hydrogens is 470 g/mol. The van der Waals surface area contributed by atoms with Crippen molar-refractivity contribution in [1.82, 2.24) is 0 Å². The van der Waals surface area contributed by atoms with Crippen LogP contribution in [0.5, 0.6) is 0 Å². The zero-order valence-corrected chi connectivity index (χ0v) is 21.7. The number of hydrogen-bond donors (Lipinski definition) is 1. The van der Waals surface area contributed by atoms with E-state index in [9.17, 15) is 14.7 Å². The van der Waals surface area contributed by atoms with Crippen LogP contribution >= 0.6 is 11.3 Å². The Morgan fingerprint density at radius 2 is 1.83 bits per heavy atom. The van der Waals surface area contributed by atoms with Crippen molar-refractivity contribution in [3.8, 4) is 10.4 Å². The molecule has 36 heavy (non-hydrogen) atoms. The Hall–Kier alpha value is -3.22. The van der Waals surface area contributed by atoms with Gasteiger partial charge in [-0.15, -0.1) is 11.3 Å². The molecular formula is C30H33NO4S. The normalized spacial score (nSPS) is 15.1. The van der Waals surface area contributed by atoms with Crippen LogP contribution in [0.2, 0.25) is 0 Å². The van der Waals surface area contributed by atoms with E-state index in [0.29, 0.717) is 6.54 Å². The summed E-state index contributed by atoms with van der Waals surface area (Å²) in [5, 5.41) is 9.83. The molecule has 1 unspecified atom stereocenters. The number of methoxy groups -OCH3 is 1. The predicted octanol–water partition coefficient (Wildman–Crippen LogP) is 6.77. The fourth-order valence-corrected chi connectivity index (χ4v) is 5.54. The Balaban J connectivity index is 1.59. The first-order valence-electron chi connectivity index (χ1n) is 12.5. The Kier molecular flexibility index (Phi) is 8.73. The molecule has 1 atom stereocenters. The summed E-state index contributed by atoms with van der Waals surface area (Å²) in [5.74, 6) is -0.216. The maximum Gasteiger partial charge on any atom is 0.330 e. The molecule has 0 bridgehead atoms. The van der Waals surface area contributed by atoms with E-state index >= 15 is 0 Å². The number of aliphatic hydroxyl groups is 1. The summed E-state index contributed by atoms with van der Waals surface area (Å²) in [4.78, 5) is 29.2. The van der Waals surface area contributed by atoms with Gasteiger partial charge in [0.25, 0.3) is 0 Å². The third kappa shape index (κ3) is 6.50. The maximum atomic E-state index is 13.7. The van der Waals surface area contributed by atoms with E-state index in [0.717, 1.165) is 57.8 Å². The highest BCUT2D eigenvalue weighted by molar-refractivity contribution is 7.15. The lowest BCUT2D eigenvalue weighted by atomic mass is 9.88. The molecule has 5 nitrogen and oxygen atoms in total. The molecule has 0 aliphatic heterocycles. The second-order valence-corrected chi connectivity index (χ2v) is 10.4. The molecule has 2 aromatic carbocycles. The topological polar surface area (TPSA) is 66.8 Å². The van der Waals surface area contributed by atoms with Crippen LogP contribution in [-0.4, -0.2) is 24.1 Å². The fourth-order valence-electron chi connectivity index (χ4n) is 4.58. The van der Waals surface area contributed by atoms with Crippen LogP contribution in [0.15, 0.2) is 66.7 Å². The summed E-state index contributed by atoms with van der Waals surface area (Å²) in [7, 11) is 1.35. The number of benzene rings is 2. The van der Waals surface area contributed by atoms with Gasteiger partial charge in [0.05, 0.1) is 19.8 Å². The van der Waals surface area contributed by atoms with Crippen molar-refractivity contribution in [2.45, 2.75) is 51.7 Å². The van der Waals surface area contributed by atoms with Gasteiger partial charge in [-0.3, -0.25) is 4.79 Å². The fraction of sp³-hybridized carbons (Fsp3) is 0.333. The van der Waals surface area contributed by atoms with E-state index in [2.05, 4.69) is 24.3 Å². The highest BCUT2D eigenvalue weighted by Gasteiger charge is 2.27. The van der Waals surface area contributed by atoms with Gasteiger partial charge >= 0.3 is 5.97 Å². The van der Waals surface area contributed by atoms with Crippen LogP contribution in [0.1, 0.15) is 61.1 Å². The summed E-state index contributed by atoms with van der Waals surface area (Å²) in [6.07, 6.45) is 7.86. The average molecular weight is 504 g/mol. The number of anilines is 1. The molecule has 1 aromatic heterocycles. The van der Waals surface area contributed by atoms with E-state index in [1.807, 2.05) is 41.3 Å². The van der Waals surface area contributed by atoms with E-state index in [1.165, 1.54) is 19.6 Å². The van der Waals surface area contributed by atoms with E-state index in [1.54, 1.807) is 24.3 Å². The highest BCUT2D eigenvalue weighted by Crippen LogP contribution is 2.33. The van der Waals surface area contributed by atoms with Crippen molar-refractivity contribution in [3.05, 3.63) is 82.7 Å². The van der Waals surface area contributed by atoms with Crippen LogP contribution in [0.3, 0.4) is 0 Å². The molecule has 1 saturated carbocycles. The first-order chi connectivity index (χ1) is 17.4. The molecule has 0 spiro atoms. The molecule has 0 saturated heterocycles. The third-order valence-electron chi connectivity index (χ3n) is 6.63. The molecule has 0 radical (unpaired) electrons. The number of esters is 1. The van der Waals surface area contributed by atoms with Crippen molar-refractivity contribution in [2.24, 2.45) is 5.92 Å². The lowest BCUT2D eigenvalue weighted by Crippen LogP contribution is -2.36. The van der Waals surface area contributed by atoms with Crippen LogP contribution in [0.25, 0.3) is 16.5 Å². The van der Waals surface area contributed by atoms with E-state index in [-0.39, 0.29) is 11.8 Å². The molecule has 1 heterocycles. The average Bonchev–Trinajstić information content (AvgIpc) is 3.42. The molecule has 4 rings (SSSR count). The second-order valence-electron chi connectivity index (χ2n) is 9.29. The molecule has 1 N–H and O–H groups in total. The monoisotopic (exact) mass is 503 g/mol. The predicted molar refractivity (Wildman–Crippen MR) is 146 cm³/mol. The summed E-state index contributed by atoms with van der Waals surface area (Å²) in [6.45, 7) is 2.25. The molecule has 1 fully saturated rings. The van der Waals surface area contributed by atoms with Gasteiger partial charge in [0.1, 0.15) is 0 Å².